The van der Waals surface area contributed by atoms with E-state index in [1.807, 2.05) is 0 Å². The number of hydrogen-bond donors (Lipinski definition) is 0. The first-order valence-corrected chi connectivity index (χ1v) is 8.18. The molecule has 0 aromatic heterocycles. The first-order chi connectivity index (χ1) is 10.1. The zero-order chi connectivity index (χ0) is 15.2. The van der Waals surface area contributed by atoms with Gasteiger partial charge in [-0.15, -0.1) is 0 Å². The van der Waals surface area contributed by atoms with Crippen molar-refractivity contribution >= 4 is 11.8 Å². The summed E-state index contributed by atoms with van der Waals surface area (Å²) in [6, 6.07) is 0. The van der Waals surface area contributed by atoms with Gasteiger partial charge in [0.05, 0.1) is 12.0 Å². The molecule has 0 bridgehead atoms. The second kappa shape index (κ2) is 7.78. The largest absolute Gasteiger partial charge is 0.368 e. The number of carbonyl (C=O) groups is 2. The molecule has 0 aromatic carbocycles. The van der Waals surface area contributed by atoms with Gasteiger partial charge < -0.3 is 14.5 Å². The van der Waals surface area contributed by atoms with E-state index < -0.39 is 0 Å². The number of amides is 2. The standard InChI is InChI=1S/C16H28N2O3/c1-17(2)16(20)13-7-6-10-18(11-13)15(19)12-21-14-8-4-3-5-9-14/h13-14H,3-12H2,1-2H3. The lowest BCUT2D eigenvalue weighted by Crippen LogP contribution is -2.46. The third-order valence-corrected chi connectivity index (χ3v) is 4.56. The summed E-state index contributed by atoms with van der Waals surface area (Å²) in [6.07, 6.45) is 7.90. The first-order valence-electron chi connectivity index (χ1n) is 8.18. The van der Waals surface area contributed by atoms with Crippen LogP contribution in [-0.4, -0.2) is 61.5 Å². The average Bonchev–Trinajstić information content (AvgIpc) is 2.53. The number of likely N-dealkylation sites (tertiary alicyclic amines) is 1. The molecule has 0 radical (unpaired) electrons. The lowest BCUT2D eigenvalue weighted by Gasteiger charge is -2.33. The van der Waals surface area contributed by atoms with Gasteiger partial charge in [-0.3, -0.25) is 9.59 Å². The maximum Gasteiger partial charge on any atom is 0.248 e. The molecule has 0 N–H and O–H groups in total. The monoisotopic (exact) mass is 296 g/mol. The van der Waals surface area contributed by atoms with E-state index in [9.17, 15) is 9.59 Å². The van der Waals surface area contributed by atoms with Crippen molar-refractivity contribution in [3.8, 4) is 0 Å². The molecule has 1 aliphatic heterocycles. The Labute approximate surface area is 127 Å². The summed E-state index contributed by atoms with van der Waals surface area (Å²) in [5.74, 6) is 0.116. The van der Waals surface area contributed by atoms with Crippen LogP contribution in [0.4, 0.5) is 0 Å². The Kier molecular flexibility index (Phi) is 6.03. The number of nitrogens with zero attached hydrogens (tertiary/aromatic N) is 2. The van der Waals surface area contributed by atoms with Gasteiger partial charge in [0.15, 0.2) is 0 Å². The number of rotatable bonds is 4. The maximum atomic E-state index is 12.3. The van der Waals surface area contributed by atoms with Crippen LogP contribution in [0.2, 0.25) is 0 Å². The second-order valence-electron chi connectivity index (χ2n) is 6.48. The van der Waals surface area contributed by atoms with Gasteiger partial charge in [-0.1, -0.05) is 19.3 Å². The molecule has 2 fully saturated rings. The van der Waals surface area contributed by atoms with Gasteiger partial charge in [-0.05, 0) is 25.7 Å². The number of piperidine rings is 1. The fourth-order valence-electron chi connectivity index (χ4n) is 3.28. The third-order valence-electron chi connectivity index (χ3n) is 4.56. The van der Waals surface area contributed by atoms with Crippen LogP contribution in [0.3, 0.4) is 0 Å². The van der Waals surface area contributed by atoms with E-state index >= 15 is 0 Å². The van der Waals surface area contributed by atoms with Crippen LogP contribution in [0.5, 0.6) is 0 Å². The van der Waals surface area contributed by atoms with E-state index in [-0.39, 0.29) is 30.4 Å². The Morgan fingerprint density at radius 1 is 1.10 bits per heavy atom. The van der Waals surface area contributed by atoms with Gasteiger partial charge in [0, 0.05) is 27.2 Å². The Balaban J connectivity index is 1.77. The molecule has 1 saturated heterocycles. The van der Waals surface area contributed by atoms with Crippen LogP contribution in [0, 0.1) is 5.92 Å². The van der Waals surface area contributed by atoms with Crippen molar-refractivity contribution in [3.05, 3.63) is 0 Å². The highest BCUT2D eigenvalue weighted by Crippen LogP contribution is 2.21. The van der Waals surface area contributed by atoms with Gasteiger partial charge in [-0.25, -0.2) is 0 Å². The van der Waals surface area contributed by atoms with E-state index in [1.54, 1.807) is 23.9 Å². The average molecular weight is 296 g/mol. The van der Waals surface area contributed by atoms with Gasteiger partial charge in [0.1, 0.15) is 6.61 Å². The molecule has 1 aliphatic carbocycles. The lowest BCUT2D eigenvalue weighted by molar-refractivity contribution is -0.143. The zero-order valence-electron chi connectivity index (χ0n) is 13.3. The molecule has 1 atom stereocenters. The van der Waals surface area contributed by atoms with E-state index in [1.165, 1.54) is 19.3 Å². The van der Waals surface area contributed by atoms with Crippen molar-refractivity contribution in [2.24, 2.45) is 5.92 Å². The minimum atomic E-state index is -0.0487. The molecular formula is C16H28N2O3. The molecule has 21 heavy (non-hydrogen) atoms. The Morgan fingerprint density at radius 2 is 1.81 bits per heavy atom. The predicted molar refractivity (Wildman–Crippen MR) is 80.8 cm³/mol. The molecule has 1 unspecified atom stereocenters. The molecule has 120 valence electrons. The van der Waals surface area contributed by atoms with Gasteiger partial charge in [0.25, 0.3) is 0 Å². The van der Waals surface area contributed by atoms with E-state index in [0.29, 0.717) is 6.54 Å². The summed E-state index contributed by atoms with van der Waals surface area (Å²) >= 11 is 0. The van der Waals surface area contributed by atoms with Crippen molar-refractivity contribution in [1.82, 2.24) is 9.80 Å². The SMILES string of the molecule is CN(C)C(=O)C1CCCN(C(=O)COC2CCCCC2)C1. The Hall–Kier alpha value is -1.10. The summed E-state index contributed by atoms with van der Waals surface area (Å²) in [5, 5.41) is 0. The summed E-state index contributed by atoms with van der Waals surface area (Å²) in [6.45, 7) is 1.47. The fraction of sp³-hybridized carbons (Fsp3) is 0.875. The van der Waals surface area contributed by atoms with Crippen LogP contribution in [-0.2, 0) is 14.3 Å². The summed E-state index contributed by atoms with van der Waals surface area (Å²) in [4.78, 5) is 27.7. The van der Waals surface area contributed by atoms with Gasteiger partial charge in [0.2, 0.25) is 11.8 Å². The Bertz CT molecular complexity index is 365. The molecular weight excluding hydrogens is 268 g/mol. The topological polar surface area (TPSA) is 49.9 Å². The molecule has 5 heteroatoms. The minimum Gasteiger partial charge on any atom is -0.368 e. The van der Waals surface area contributed by atoms with Crippen LogP contribution in [0.1, 0.15) is 44.9 Å². The van der Waals surface area contributed by atoms with E-state index in [4.69, 9.17) is 4.74 Å². The molecule has 2 amide bonds. The molecule has 0 spiro atoms. The highest BCUT2D eigenvalue weighted by Gasteiger charge is 2.29. The van der Waals surface area contributed by atoms with Crippen LogP contribution < -0.4 is 0 Å². The van der Waals surface area contributed by atoms with E-state index in [2.05, 4.69) is 0 Å². The summed E-state index contributed by atoms with van der Waals surface area (Å²) < 4.78 is 5.75. The van der Waals surface area contributed by atoms with Crippen molar-refractivity contribution < 1.29 is 14.3 Å². The normalized spacial score (nSPS) is 23.9. The maximum absolute atomic E-state index is 12.3. The number of ether oxygens (including phenoxy) is 1. The quantitative estimate of drug-likeness (QED) is 0.793. The first kappa shape index (κ1) is 16.3. The van der Waals surface area contributed by atoms with Gasteiger partial charge in [-0.2, -0.15) is 0 Å². The van der Waals surface area contributed by atoms with Crippen molar-refractivity contribution in [2.75, 3.05) is 33.8 Å². The van der Waals surface area contributed by atoms with Gasteiger partial charge >= 0.3 is 0 Å². The highest BCUT2D eigenvalue weighted by molar-refractivity contribution is 5.81. The third kappa shape index (κ3) is 4.70. The molecule has 1 saturated carbocycles. The van der Waals surface area contributed by atoms with Crippen molar-refractivity contribution in [2.45, 2.75) is 51.0 Å². The molecule has 1 heterocycles. The molecule has 5 nitrogen and oxygen atoms in total. The van der Waals surface area contributed by atoms with Crippen molar-refractivity contribution in [1.29, 1.82) is 0 Å². The number of hydrogen-bond acceptors (Lipinski definition) is 3. The predicted octanol–water partition coefficient (Wildman–Crippen LogP) is 1.66. The fourth-order valence-corrected chi connectivity index (χ4v) is 3.28. The van der Waals surface area contributed by atoms with Crippen molar-refractivity contribution in [3.63, 3.8) is 0 Å². The molecule has 2 rings (SSSR count). The molecule has 0 aromatic rings. The summed E-state index contributed by atoms with van der Waals surface area (Å²) in [7, 11) is 3.55. The van der Waals surface area contributed by atoms with Crippen LogP contribution >= 0.6 is 0 Å². The lowest BCUT2D eigenvalue weighted by atomic mass is 9.96. The Morgan fingerprint density at radius 3 is 2.48 bits per heavy atom. The zero-order valence-corrected chi connectivity index (χ0v) is 13.3. The smallest absolute Gasteiger partial charge is 0.248 e. The molecule has 2 aliphatic rings. The second-order valence-corrected chi connectivity index (χ2v) is 6.48. The van der Waals surface area contributed by atoms with Crippen LogP contribution in [0.25, 0.3) is 0 Å². The van der Waals surface area contributed by atoms with E-state index in [0.717, 1.165) is 32.2 Å². The van der Waals surface area contributed by atoms with Crippen LogP contribution in [0.15, 0.2) is 0 Å². The minimum absolute atomic E-state index is 0.0387. The number of carbonyl (C=O) groups excluding carboxylic acids is 2. The summed E-state index contributed by atoms with van der Waals surface area (Å²) in [5.41, 5.74) is 0. The highest BCUT2D eigenvalue weighted by atomic mass is 16.5.